The Morgan fingerprint density at radius 1 is 0.917 bits per heavy atom. The van der Waals surface area contributed by atoms with Crippen molar-refractivity contribution >= 4 is 35.0 Å². The second kappa shape index (κ2) is 13.3. The van der Waals surface area contributed by atoms with Crippen molar-refractivity contribution in [3.05, 3.63) is 41.5 Å². The zero-order valence-electron chi connectivity index (χ0n) is 24.6. The molecule has 1 aromatic rings. The summed E-state index contributed by atoms with van der Waals surface area (Å²) in [5.41, 5.74) is 1.50. The van der Waals surface area contributed by atoms with Gasteiger partial charge < -0.3 is 13.6 Å². The molecule has 0 aromatic heterocycles. The van der Waals surface area contributed by atoms with Gasteiger partial charge in [0.05, 0.1) is 18.8 Å². The van der Waals surface area contributed by atoms with Crippen LogP contribution >= 0.6 is 0 Å². The Morgan fingerprint density at radius 3 is 1.94 bits per heavy atom. The quantitative estimate of drug-likeness (QED) is 0.146. The molecule has 2 atom stereocenters. The summed E-state index contributed by atoms with van der Waals surface area (Å²) < 4.78 is 19.1. The Hall–Kier alpha value is -1.55. The highest BCUT2D eigenvalue weighted by Gasteiger charge is 2.44. The Kier molecular flexibility index (Phi) is 12.0. The van der Waals surface area contributed by atoms with Crippen LogP contribution in [0.4, 0.5) is 0 Å². The molecular formula is C29H50O5Si2. The molecule has 0 fully saturated rings. The van der Waals surface area contributed by atoms with Crippen molar-refractivity contribution in [1.29, 1.82) is 0 Å². The van der Waals surface area contributed by atoms with Gasteiger partial charge in [-0.1, -0.05) is 78.0 Å². The largest absolute Gasteiger partial charge is 0.466 e. The molecule has 0 aliphatic rings. The molecule has 1 aromatic carbocycles. The highest BCUT2D eigenvalue weighted by atomic mass is 28.4. The molecule has 7 heteroatoms. The van der Waals surface area contributed by atoms with Crippen LogP contribution in [0.15, 0.2) is 30.3 Å². The van der Waals surface area contributed by atoms with E-state index in [-0.39, 0.29) is 28.3 Å². The average molecular weight is 535 g/mol. The molecule has 1 rings (SSSR count). The third-order valence-electron chi connectivity index (χ3n) is 7.62. The zero-order valence-corrected chi connectivity index (χ0v) is 26.6. The van der Waals surface area contributed by atoms with Crippen LogP contribution < -0.4 is 0 Å². The van der Waals surface area contributed by atoms with Crippen LogP contribution in [0.5, 0.6) is 0 Å². The topological polar surface area (TPSA) is 61.8 Å². The summed E-state index contributed by atoms with van der Waals surface area (Å²) in [6, 6.07) is 7.55. The van der Waals surface area contributed by atoms with Gasteiger partial charge in [0, 0.05) is 12.0 Å². The molecule has 0 radical (unpaired) electrons. The Morgan fingerprint density at radius 2 is 1.44 bits per heavy atom. The van der Waals surface area contributed by atoms with E-state index in [0.717, 1.165) is 11.8 Å². The van der Waals surface area contributed by atoms with E-state index in [9.17, 15) is 9.59 Å². The fourth-order valence-electron chi connectivity index (χ4n) is 3.25. The first-order valence-electron chi connectivity index (χ1n) is 13.2. The highest BCUT2D eigenvalue weighted by Crippen LogP contribution is 2.41. The molecular weight excluding hydrogens is 484 g/mol. The lowest BCUT2D eigenvalue weighted by Crippen LogP contribution is -2.51. The van der Waals surface area contributed by atoms with Crippen molar-refractivity contribution in [2.45, 2.75) is 116 Å². The maximum atomic E-state index is 12.1. The van der Waals surface area contributed by atoms with E-state index in [1.54, 1.807) is 0 Å². The van der Waals surface area contributed by atoms with Crippen molar-refractivity contribution in [2.75, 3.05) is 6.61 Å². The van der Waals surface area contributed by atoms with Crippen LogP contribution in [0.25, 0.3) is 6.08 Å². The average Bonchev–Trinajstić information content (AvgIpc) is 2.74. The normalized spacial score (nSPS) is 15.1. The van der Waals surface area contributed by atoms with Crippen LogP contribution in [0.1, 0.15) is 83.7 Å². The van der Waals surface area contributed by atoms with E-state index in [4.69, 9.17) is 13.6 Å². The predicted octanol–water partition coefficient (Wildman–Crippen LogP) is 8.03. The number of rotatable bonds is 13. The summed E-state index contributed by atoms with van der Waals surface area (Å²) in [6.07, 6.45) is 6.11. The minimum atomic E-state index is -2.16. The van der Waals surface area contributed by atoms with Crippen LogP contribution in [0, 0.1) is 0 Å². The van der Waals surface area contributed by atoms with Crippen molar-refractivity contribution < 1.29 is 23.2 Å². The minimum Gasteiger partial charge on any atom is -0.466 e. The predicted molar refractivity (Wildman–Crippen MR) is 155 cm³/mol. The molecule has 0 aliphatic heterocycles. The van der Waals surface area contributed by atoms with Gasteiger partial charge in [0.1, 0.15) is 0 Å². The van der Waals surface area contributed by atoms with E-state index in [1.807, 2.05) is 37.3 Å². The number of benzene rings is 1. The summed E-state index contributed by atoms with van der Waals surface area (Å²) in [6.45, 7) is 24.6. The van der Waals surface area contributed by atoms with E-state index in [1.165, 1.54) is 0 Å². The van der Waals surface area contributed by atoms with Gasteiger partial charge in [-0.05, 0) is 61.6 Å². The lowest BCUT2D eigenvalue weighted by atomic mass is 10.0. The van der Waals surface area contributed by atoms with Gasteiger partial charge in [-0.2, -0.15) is 0 Å². The van der Waals surface area contributed by atoms with E-state index in [0.29, 0.717) is 31.4 Å². The Labute approximate surface area is 222 Å². The zero-order chi connectivity index (χ0) is 27.8. The van der Waals surface area contributed by atoms with Crippen LogP contribution in [0.2, 0.25) is 36.3 Å². The molecule has 204 valence electrons. The molecule has 0 N–H and O–H groups in total. The minimum absolute atomic E-state index is 0.0201. The smallest absolute Gasteiger partial charge is 0.305 e. The summed E-state index contributed by atoms with van der Waals surface area (Å²) >= 11 is 0. The number of carbonyl (C=O) groups is 2. The SMILES string of the molecule is CCOC(=O)CCCC(O[Si](C)(C)C(C)(C)C)C(/C=C/c1ccccc1C=O)O[Si](C)(C)C(C)(C)C. The lowest BCUT2D eigenvalue weighted by molar-refractivity contribution is -0.143. The summed E-state index contributed by atoms with van der Waals surface area (Å²) in [4.78, 5) is 23.7. The van der Waals surface area contributed by atoms with Gasteiger partial charge >= 0.3 is 5.97 Å². The molecule has 0 spiro atoms. The standard InChI is InChI=1S/C29H50O5Si2/c1-12-32-27(31)19-15-18-25(33-35(8,9)28(2,3)4)26(34-36(10,11)29(5,6)7)21-20-23-16-13-14-17-24(23)22-30/h13-14,16-17,20-22,25-26H,12,15,18-19H2,1-11H3/b21-20+. The first kappa shape index (κ1) is 32.5. The fourth-order valence-corrected chi connectivity index (χ4v) is 5.88. The number of ether oxygens (including phenoxy) is 1. The first-order chi connectivity index (χ1) is 16.4. The summed E-state index contributed by atoms with van der Waals surface area (Å²) in [5, 5.41) is 0.0496. The molecule has 0 aliphatic carbocycles. The monoisotopic (exact) mass is 534 g/mol. The molecule has 0 bridgehead atoms. The number of esters is 1. The Balaban J connectivity index is 3.45. The number of hydrogen-bond acceptors (Lipinski definition) is 5. The number of carbonyl (C=O) groups excluding carboxylic acids is 2. The van der Waals surface area contributed by atoms with Gasteiger partial charge in [0.25, 0.3) is 0 Å². The molecule has 0 amide bonds. The molecule has 0 saturated carbocycles. The maximum absolute atomic E-state index is 12.1. The number of hydrogen-bond donors (Lipinski definition) is 0. The third kappa shape index (κ3) is 9.73. The lowest BCUT2D eigenvalue weighted by Gasteiger charge is -2.44. The van der Waals surface area contributed by atoms with Gasteiger partial charge in [-0.15, -0.1) is 0 Å². The fraction of sp³-hybridized carbons (Fsp3) is 0.655. The van der Waals surface area contributed by atoms with Gasteiger partial charge in [0.15, 0.2) is 22.9 Å². The van der Waals surface area contributed by atoms with Crippen molar-refractivity contribution in [3.8, 4) is 0 Å². The summed E-state index contributed by atoms with van der Waals surface area (Å²) in [5.74, 6) is -0.180. The summed E-state index contributed by atoms with van der Waals surface area (Å²) in [7, 11) is -4.30. The van der Waals surface area contributed by atoms with E-state index < -0.39 is 16.6 Å². The molecule has 36 heavy (non-hydrogen) atoms. The van der Waals surface area contributed by atoms with Crippen LogP contribution in [-0.2, 0) is 18.4 Å². The maximum Gasteiger partial charge on any atom is 0.305 e. The third-order valence-corrected chi connectivity index (χ3v) is 16.6. The molecule has 0 saturated heterocycles. The van der Waals surface area contributed by atoms with E-state index in [2.05, 4.69) is 73.8 Å². The Bertz CT molecular complexity index is 878. The molecule has 2 unspecified atom stereocenters. The van der Waals surface area contributed by atoms with Gasteiger partial charge in [-0.25, -0.2) is 0 Å². The second-order valence-electron chi connectivity index (χ2n) is 12.6. The van der Waals surface area contributed by atoms with Crippen molar-refractivity contribution in [3.63, 3.8) is 0 Å². The first-order valence-corrected chi connectivity index (χ1v) is 19.0. The highest BCUT2D eigenvalue weighted by molar-refractivity contribution is 6.74. The number of aldehydes is 1. The van der Waals surface area contributed by atoms with E-state index >= 15 is 0 Å². The van der Waals surface area contributed by atoms with Gasteiger partial charge in [0.2, 0.25) is 0 Å². The van der Waals surface area contributed by atoms with Crippen LogP contribution in [-0.4, -0.2) is 47.7 Å². The van der Waals surface area contributed by atoms with Gasteiger partial charge in [-0.3, -0.25) is 9.59 Å². The van der Waals surface area contributed by atoms with Crippen molar-refractivity contribution in [1.82, 2.24) is 0 Å². The molecule has 0 heterocycles. The molecule has 5 nitrogen and oxygen atoms in total. The van der Waals surface area contributed by atoms with Crippen LogP contribution in [0.3, 0.4) is 0 Å². The second-order valence-corrected chi connectivity index (χ2v) is 22.1. The van der Waals surface area contributed by atoms with Crippen molar-refractivity contribution in [2.24, 2.45) is 0 Å².